The number of rotatable bonds is 2. The summed E-state index contributed by atoms with van der Waals surface area (Å²) in [7, 11) is 1.37. The zero-order valence-corrected chi connectivity index (χ0v) is 8.42. The molecule has 4 heteroatoms. The van der Waals surface area contributed by atoms with Gasteiger partial charge in [-0.15, -0.1) is 0 Å². The van der Waals surface area contributed by atoms with Crippen LogP contribution in [0.3, 0.4) is 0 Å². The van der Waals surface area contributed by atoms with Gasteiger partial charge in [0.1, 0.15) is 5.82 Å². The SMILES string of the molecule is COC(=O)CC1CNc2cc(F)ccc21. The molecule has 15 heavy (non-hydrogen) atoms. The summed E-state index contributed by atoms with van der Waals surface area (Å²) in [5.74, 6) is -0.410. The van der Waals surface area contributed by atoms with E-state index in [4.69, 9.17) is 0 Å². The first kappa shape index (κ1) is 9.96. The van der Waals surface area contributed by atoms with Crippen LogP contribution in [-0.4, -0.2) is 19.6 Å². The molecule has 1 heterocycles. The van der Waals surface area contributed by atoms with E-state index in [2.05, 4.69) is 10.1 Å². The van der Waals surface area contributed by atoms with Gasteiger partial charge in [-0.1, -0.05) is 6.07 Å². The average molecular weight is 209 g/mol. The molecular weight excluding hydrogens is 197 g/mol. The number of benzene rings is 1. The number of esters is 1. The third-order valence-corrected chi connectivity index (χ3v) is 2.63. The van der Waals surface area contributed by atoms with E-state index in [0.29, 0.717) is 13.0 Å². The third-order valence-electron chi connectivity index (χ3n) is 2.63. The van der Waals surface area contributed by atoms with E-state index in [1.165, 1.54) is 19.2 Å². The van der Waals surface area contributed by atoms with Gasteiger partial charge >= 0.3 is 5.97 Å². The van der Waals surface area contributed by atoms with Crippen LogP contribution in [0.25, 0.3) is 0 Å². The monoisotopic (exact) mass is 209 g/mol. The van der Waals surface area contributed by atoms with Gasteiger partial charge in [0.15, 0.2) is 0 Å². The van der Waals surface area contributed by atoms with Gasteiger partial charge in [0.25, 0.3) is 0 Å². The highest BCUT2D eigenvalue weighted by Crippen LogP contribution is 2.33. The molecule has 0 fully saturated rings. The highest BCUT2D eigenvalue weighted by atomic mass is 19.1. The molecular formula is C11H12FNO2. The minimum atomic E-state index is -0.264. The molecule has 2 rings (SSSR count). The molecule has 1 aromatic rings. The van der Waals surface area contributed by atoms with Gasteiger partial charge < -0.3 is 10.1 Å². The Labute approximate surface area is 87.2 Å². The summed E-state index contributed by atoms with van der Waals surface area (Å²) < 4.78 is 17.5. The van der Waals surface area contributed by atoms with Crippen molar-refractivity contribution in [3.05, 3.63) is 29.6 Å². The Kier molecular flexibility index (Phi) is 2.58. The molecule has 80 valence electrons. The van der Waals surface area contributed by atoms with E-state index in [0.717, 1.165) is 11.3 Å². The smallest absolute Gasteiger partial charge is 0.306 e. The van der Waals surface area contributed by atoms with Gasteiger partial charge in [0.2, 0.25) is 0 Å². The number of fused-ring (bicyclic) bond motifs is 1. The van der Waals surface area contributed by atoms with E-state index in [-0.39, 0.29) is 17.7 Å². The van der Waals surface area contributed by atoms with Crippen molar-refractivity contribution < 1.29 is 13.9 Å². The second-order valence-electron chi connectivity index (χ2n) is 3.59. The maximum Gasteiger partial charge on any atom is 0.306 e. The Balaban J connectivity index is 2.18. The number of ether oxygens (including phenoxy) is 1. The molecule has 1 aliphatic heterocycles. The van der Waals surface area contributed by atoms with Gasteiger partial charge in [0.05, 0.1) is 13.5 Å². The number of carbonyl (C=O) groups excluding carboxylic acids is 1. The van der Waals surface area contributed by atoms with Crippen LogP contribution in [0.1, 0.15) is 17.9 Å². The molecule has 0 bridgehead atoms. The molecule has 0 amide bonds. The van der Waals surface area contributed by atoms with Gasteiger partial charge in [-0.05, 0) is 17.7 Å². The first-order chi connectivity index (χ1) is 7.20. The molecule has 0 saturated heterocycles. The van der Waals surface area contributed by atoms with E-state index >= 15 is 0 Å². The lowest BCUT2D eigenvalue weighted by Crippen LogP contribution is -2.10. The third kappa shape index (κ3) is 1.93. The van der Waals surface area contributed by atoms with E-state index in [1.54, 1.807) is 6.07 Å². The molecule has 0 aliphatic carbocycles. The van der Waals surface area contributed by atoms with Crippen molar-refractivity contribution in [3.63, 3.8) is 0 Å². The fourth-order valence-electron chi connectivity index (χ4n) is 1.85. The molecule has 1 unspecified atom stereocenters. The summed E-state index contributed by atoms with van der Waals surface area (Å²) in [6.07, 6.45) is 0.335. The number of carbonyl (C=O) groups is 1. The number of nitrogens with one attached hydrogen (secondary N) is 1. The molecule has 1 aromatic carbocycles. The Morgan fingerprint density at radius 2 is 2.47 bits per heavy atom. The normalized spacial score (nSPS) is 18.1. The maximum absolute atomic E-state index is 12.9. The maximum atomic E-state index is 12.9. The zero-order valence-electron chi connectivity index (χ0n) is 8.42. The summed E-state index contributed by atoms with van der Waals surface area (Å²) in [6.45, 7) is 0.661. The van der Waals surface area contributed by atoms with Crippen LogP contribution >= 0.6 is 0 Å². The Morgan fingerprint density at radius 1 is 1.67 bits per heavy atom. The highest BCUT2D eigenvalue weighted by molar-refractivity contribution is 5.72. The van der Waals surface area contributed by atoms with E-state index in [1.807, 2.05) is 0 Å². The zero-order chi connectivity index (χ0) is 10.8. The molecule has 0 aromatic heterocycles. The van der Waals surface area contributed by atoms with Gasteiger partial charge in [0, 0.05) is 18.2 Å². The fourth-order valence-corrected chi connectivity index (χ4v) is 1.85. The number of hydrogen-bond acceptors (Lipinski definition) is 3. The highest BCUT2D eigenvalue weighted by Gasteiger charge is 2.24. The standard InChI is InChI=1S/C11H12FNO2/c1-15-11(14)4-7-6-13-10-5-8(12)2-3-9(7)10/h2-3,5,7,13H,4,6H2,1H3. The van der Waals surface area contributed by atoms with E-state index < -0.39 is 0 Å². The minimum Gasteiger partial charge on any atom is -0.469 e. The van der Waals surface area contributed by atoms with Crippen molar-refractivity contribution in [2.45, 2.75) is 12.3 Å². The summed E-state index contributed by atoms with van der Waals surface area (Å²) in [5, 5.41) is 3.07. The van der Waals surface area contributed by atoms with Gasteiger partial charge in [-0.25, -0.2) is 4.39 Å². The van der Waals surface area contributed by atoms with Crippen molar-refractivity contribution in [1.29, 1.82) is 0 Å². The molecule has 1 atom stereocenters. The van der Waals surface area contributed by atoms with Crippen molar-refractivity contribution in [3.8, 4) is 0 Å². The fraction of sp³-hybridized carbons (Fsp3) is 0.364. The van der Waals surface area contributed by atoms with Crippen LogP contribution in [0.4, 0.5) is 10.1 Å². The lowest BCUT2D eigenvalue weighted by atomic mass is 9.98. The summed E-state index contributed by atoms with van der Waals surface area (Å²) in [4.78, 5) is 11.1. The largest absolute Gasteiger partial charge is 0.469 e. The molecule has 0 radical (unpaired) electrons. The number of anilines is 1. The summed E-state index contributed by atoms with van der Waals surface area (Å²) >= 11 is 0. The quantitative estimate of drug-likeness (QED) is 0.756. The topological polar surface area (TPSA) is 38.3 Å². The van der Waals surface area contributed by atoms with Crippen LogP contribution < -0.4 is 5.32 Å². The molecule has 1 N–H and O–H groups in total. The predicted molar refractivity (Wildman–Crippen MR) is 54.3 cm³/mol. The van der Waals surface area contributed by atoms with Crippen molar-refractivity contribution in [1.82, 2.24) is 0 Å². The van der Waals surface area contributed by atoms with Crippen LogP contribution in [0.5, 0.6) is 0 Å². The van der Waals surface area contributed by atoms with Crippen molar-refractivity contribution in [2.75, 3.05) is 19.0 Å². The van der Waals surface area contributed by atoms with Crippen LogP contribution in [0.15, 0.2) is 18.2 Å². The first-order valence-corrected chi connectivity index (χ1v) is 4.81. The second kappa shape index (κ2) is 3.88. The van der Waals surface area contributed by atoms with Crippen LogP contribution in [0, 0.1) is 5.82 Å². The van der Waals surface area contributed by atoms with Crippen molar-refractivity contribution in [2.24, 2.45) is 0 Å². The summed E-state index contributed by atoms with van der Waals surface area (Å²) in [6, 6.07) is 4.58. The Bertz CT molecular complexity index is 392. The molecule has 0 saturated carbocycles. The lowest BCUT2D eigenvalue weighted by molar-refractivity contribution is -0.140. The number of halogens is 1. The van der Waals surface area contributed by atoms with Gasteiger partial charge in [-0.3, -0.25) is 4.79 Å². The molecule has 3 nitrogen and oxygen atoms in total. The number of methoxy groups -OCH3 is 1. The van der Waals surface area contributed by atoms with Crippen molar-refractivity contribution >= 4 is 11.7 Å². The Hall–Kier alpha value is -1.58. The Morgan fingerprint density at radius 3 is 3.20 bits per heavy atom. The molecule has 0 spiro atoms. The minimum absolute atomic E-state index is 0.0908. The first-order valence-electron chi connectivity index (χ1n) is 4.81. The number of hydrogen-bond donors (Lipinski definition) is 1. The second-order valence-corrected chi connectivity index (χ2v) is 3.59. The van der Waals surface area contributed by atoms with Crippen LogP contribution in [-0.2, 0) is 9.53 Å². The predicted octanol–water partition coefficient (Wildman–Crippen LogP) is 1.90. The van der Waals surface area contributed by atoms with Crippen LogP contribution in [0.2, 0.25) is 0 Å². The van der Waals surface area contributed by atoms with Gasteiger partial charge in [-0.2, -0.15) is 0 Å². The summed E-state index contributed by atoms with van der Waals surface area (Å²) in [5.41, 5.74) is 1.77. The lowest BCUT2D eigenvalue weighted by Gasteiger charge is -2.07. The van der Waals surface area contributed by atoms with E-state index in [9.17, 15) is 9.18 Å². The average Bonchev–Trinajstić information content (AvgIpc) is 2.60. The molecule has 1 aliphatic rings.